The standard InChI is InChI=1S/2C2H5NO/c1-3-2-4;1-2(3)4/h2H,1H3,(H,3,4);1H3,(H2,3,4). The number of amides is 2. The molecule has 0 atom stereocenters. The van der Waals surface area contributed by atoms with Gasteiger partial charge in [-0.15, -0.1) is 0 Å². The number of nitrogens with one attached hydrogen (secondary N) is 1. The van der Waals surface area contributed by atoms with E-state index >= 15 is 0 Å². The zero-order valence-electron chi connectivity index (χ0n) is 4.97. The molecule has 4 nitrogen and oxygen atoms in total. The van der Waals surface area contributed by atoms with E-state index in [2.05, 4.69) is 11.1 Å². The van der Waals surface area contributed by atoms with Gasteiger partial charge in [0.15, 0.2) is 0 Å². The van der Waals surface area contributed by atoms with Gasteiger partial charge in [0.05, 0.1) is 0 Å². The van der Waals surface area contributed by atoms with Crippen molar-refractivity contribution in [2.75, 3.05) is 7.05 Å². The smallest absolute Gasteiger partial charge is 0.214 e. The predicted octanol–water partition coefficient (Wildman–Crippen LogP) is -1.15. The fourth-order valence-electron chi connectivity index (χ4n) is 0. The van der Waals surface area contributed by atoms with Gasteiger partial charge >= 0.3 is 0 Å². The maximum Gasteiger partial charge on any atom is 0.214 e. The van der Waals surface area contributed by atoms with Crippen molar-refractivity contribution in [3.05, 3.63) is 0 Å². The highest BCUT2D eigenvalue weighted by molar-refractivity contribution is 5.70. The molecule has 0 radical (unpaired) electrons. The SMILES string of the molecule is CC(N)=O.CNC=O. The summed E-state index contributed by atoms with van der Waals surface area (Å²) in [5.41, 5.74) is 4.47. The lowest BCUT2D eigenvalue weighted by Crippen LogP contribution is -2.01. The average molecular weight is 118 g/mol. The summed E-state index contributed by atoms with van der Waals surface area (Å²) in [5, 5.41) is 2.25. The van der Waals surface area contributed by atoms with Crippen LogP contribution >= 0.6 is 0 Å². The van der Waals surface area contributed by atoms with E-state index in [1.54, 1.807) is 7.05 Å². The molecule has 0 aromatic heterocycles. The van der Waals surface area contributed by atoms with Crippen molar-refractivity contribution in [1.82, 2.24) is 5.32 Å². The molecular formula is C4H10N2O2. The minimum Gasteiger partial charge on any atom is -0.370 e. The van der Waals surface area contributed by atoms with Gasteiger partial charge in [-0.25, -0.2) is 0 Å². The van der Waals surface area contributed by atoms with Gasteiger partial charge in [0.1, 0.15) is 0 Å². The first-order chi connectivity index (χ1) is 3.65. The van der Waals surface area contributed by atoms with Gasteiger partial charge in [0.2, 0.25) is 12.3 Å². The molecule has 48 valence electrons. The molecule has 3 N–H and O–H groups in total. The van der Waals surface area contributed by atoms with Crippen LogP contribution in [0.25, 0.3) is 0 Å². The van der Waals surface area contributed by atoms with E-state index in [9.17, 15) is 4.79 Å². The van der Waals surface area contributed by atoms with E-state index in [-0.39, 0.29) is 5.91 Å². The summed E-state index contributed by atoms with van der Waals surface area (Å²) in [7, 11) is 1.56. The van der Waals surface area contributed by atoms with Crippen LogP contribution in [0, 0.1) is 0 Å². The Morgan fingerprint density at radius 1 is 1.75 bits per heavy atom. The summed E-state index contributed by atoms with van der Waals surface area (Å²) in [6, 6.07) is 0. The molecule has 0 unspecified atom stereocenters. The van der Waals surface area contributed by atoms with Crippen LogP contribution in [0.1, 0.15) is 6.92 Å². The van der Waals surface area contributed by atoms with Crippen LogP contribution < -0.4 is 11.1 Å². The minimum absolute atomic E-state index is 0.333. The lowest BCUT2D eigenvalue weighted by Gasteiger charge is -1.64. The van der Waals surface area contributed by atoms with Crippen molar-refractivity contribution in [2.24, 2.45) is 5.73 Å². The Balaban J connectivity index is 0. The first-order valence-electron chi connectivity index (χ1n) is 2.02. The number of carbonyl (C=O) groups is 2. The maximum atomic E-state index is 9.22. The van der Waals surface area contributed by atoms with Crippen LogP contribution in [0.2, 0.25) is 0 Å². The van der Waals surface area contributed by atoms with Crippen molar-refractivity contribution in [2.45, 2.75) is 6.92 Å². The van der Waals surface area contributed by atoms with Gasteiger partial charge < -0.3 is 11.1 Å². The highest BCUT2D eigenvalue weighted by atomic mass is 16.1. The number of nitrogens with two attached hydrogens (primary N) is 1. The summed E-state index contributed by atoms with van der Waals surface area (Å²) in [6.45, 7) is 1.31. The van der Waals surface area contributed by atoms with Crippen molar-refractivity contribution in [3.8, 4) is 0 Å². The molecule has 0 aliphatic heterocycles. The molecule has 0 aliphatic carbocycles. The zero-order chi connectivity index (χ0) is 6.99. The highest BCUT2D eigenvalue weighted by Gasteiger charge is 1.61. The number of hydrogen-bond acceptors (Lipinski definition) is 2. The summed E-state index contributed by atoms with van der Waals surface area (Å²) < 4.78 is 0. The third-order valence-corrected chi connectivity index (χ3v) is 0.118. The van der Waals surface area contributed by atoms with E-state index < -0.39 is 0 Å². The molecule has 0 spiro atoms. The molecule has 0 saturated heterocycles. The van der Waals surface area contributed by atoms with Crippen LogP contribution in [0.5, 0.6) is 0 Å². The third kappa shape index (κ3) is 21300. The van der Waals surface area contributed by atoms with Crippen LogP contribution in [-0.2, 0) is 9.59 Å². The average Bonchev–Trinajstić information content (AvgIpc) is 1.65. The lowest BCUT2D eigenvalue weighted by molar-refractivity contribution is -0.116. The molecule has 4 heteroatoms. The summed E-state index contributed by atoms with van der Waals surface area (Å²) in [5.74, 6) is -0.333. The summed E-state index contributed by atoms with van der Waals surface area (Å²) >= 11 is 0. The van der Waals surface area contributed by atoms with Gasteiger partial charge in [0, 0.05) is 14.0 Å². The molecule has 0 aliphatic rings. The molecule has 2 amide bonds. The second-order valence-corrected chi connectivity index (χ2v) is 1.02. The first kappa shape index (κ1) is 10.0. The van der Waals surface area contributed by atoms with E-state index in [0.717, 1.165) is 0 Å². The second kappa shape index (κ2) is 9.34. The molecule has 8 heavy (non-hydrogen) atoms. The molecule has 0 heterocycles. The van der Waals surface area contributed by atoms with Crippen molar-refractivity contribution in [1.29, 1.82) is 0 Å². The quantitative estimate of drug-likeness (QED) is 0.427. The van der Waals surface area contributed by atoms with Gasteiger partial charge in [-0.3, -0.25) is 9.59 Å². The second-order valence-electron chi connectivity index (χ2n) is 1.02. The van der Waals surface area contributed by atoms with Gasteiger partial charge in [-0.2, -0.15) is 0 Å². The Morgan fingerprint density at radius 2 is 1.88 bits per heavy atom. The minimum atomic E-state index is -0.333. The fraction of sp³-hybridized carbons (Fsp3) is 0.500. The molecule has 0 rings (SSSR count). The Kier molecular flexibility index (Phi) is 11.7. The van der Waals surface area contributed by atoms with Crippen LogP contribution in [0.3, 0.4) is 0 Å². The van der Waals surface area contributed by atoms with Crippen LogP contribution in [0.4, 0.5) is 0 Å². The predicted molar refractivity (Wildman–Crippen MR) is 30.0 cm³/mol. The number of hydrogen-bond donors (Lipinski definition) is 2. The summed E-state index contributed by atoms with van der Waals surface area (Å²) in [4.78, 5) is 18.3. The Bertz CT molecular complexity index is 68.4. The van der Waals surface area contributed by atoms with Crippen molar-refractivity contribution < 1.29 is 9.59 Å². The topological polar surface area (TPSA) is 72.2 Å². The van der Waals surface area contributed by atoms with E-state index in [1.165, 1.54) is 6.92 Å². The van der Waals surface area contributed by atoms with Crippen molar-refractivity contribution in [3.63, 3.8) is 0 Å². The molecule has 0 fully saturated rings. The Hall–Kier alpha value is -1.06. The summed E-state index contributed by atoms with van der Waals surface area (Å²) in [6.07, 6.45) is 0.625. The van der Waals surface area contributed by atoms with E-state index in [4.69, 9.17) is 4.79 Å². The fourth-order valence-corrected chi connectivity index (χ4v) is 0. The lowest BCUT2D eigenvalue weighted by atomic mass is 10.8. The molecule has 0 aromatic carbocycles. The first-order valence-corrected chi connectivity index (χ1v) is 2.02. The van der Waals surface area contributed by atoms with E-state index in [0.29, 0.717) is 6.41 Å². The number of rotatable bonds is 1. The van der Waals surface area contributed by atoms with E-state index in [1.807, 2.05) is 0 Å². The Morgan fingerprint density at radius 3 is 1.88 bits per heavy atom. The van der Waals surface area contributed by atoms with Gasteiger partial charge in [-0.1, -0.05) is 0 Å². The largest absolute Gasteiger partial charge is 0.370 e. The number of primary amides is 1. The zero-order valence-corrected chi connectivity index (χ0v) is 4.97. The molecule has 0 bridgehead atoms. The maximum absolute atomic E-state index is 9.22. The number of carbonyl (C=O) groups excluding carboxylic acids is 2. The molecular weight excluding hydrogens is 108 g/mol. The van der Waals surface area contributed by atoms with Crippen molar-refractivity contribution >= 4 is 12.3 Å². The normalized spacial score (nSPS) is 5.75. The monoisotopic (exact) mass is 118 g/mol. The van der Waals surface area contributed by atoms with Gasteiger partial charge in [0.25, 0.3) is 0 Å². The third-order valence-electron chi connectivity index (χ3n) is 0.118. The van der Waals surface area contributed by atoms with Gasteiger partial charge in [-0.05, 0) is 0 Å². The molecule has 0 saturated carbocycles. The van der Waals surface area contributed by atoms with Crippen LogP contribution in [-0.4, -0.2) is 19.4 Å². The highest BCUT2D eigenvalue weighted by Crippen LogP contribution is 1.33. The van der Waals surface area contributed by atoms with Crippen LogP contribution in [0.15, 0.2) is 0 Å². The Labute approximate surface area is 48.1 Å². The molecule has 0 aromatic rings.